The normalized spacial score (nSPS) is 13.4. The number of anilines is 1. The number of rotatable bonds is 6. The van der Waals surface area contributed by atoms with Gasteiger partial charge in [-0.05, 0) is 112 Å². The second-order valence-corrected chi connectivity index (χ2v) is 17.3. The third-order valence-corrected chi connectivity index (χ3v) is 13.4. The van der Waals surface area contributed by atoms with E-state index in [0.717, 1.165) is 28.2 Å². The molecule has 0 fully saturated rings. The molecule has 10 aromatic carbocycles. The van der Waals surface area contributed by atoms with Gasteiger partial charge in [0.25, 0.3) is 0 Å². The van der Waals surface area contributed by atoms with Crippen LogP contribution in [0.15, 0.2) is 247 Å². The highest BCUT2D eigenvalue weighted by molar-refractivity contribution is 6.25. The molecule has 1 aliphatic rings. The zero-order valence-corrected chi connectivity index (χ0v) is 37.5. The summed E-state index contributed by atoms with van der Waals surface area (Å²) in [5, 5.41) is 19.0. The molecule has 12 aromatic rings. The summed E-state index contributed by atoms with van der Waals surface area (Å²) in [6, 6.07) is 81.2. The van der Waals surface area contributed by atoms with Crippen LogP contribution in [-0.4, -0.2) is 21.6 Å². The highest BCUT2D eigenvalue weighted by atomic mass is 15.2. The monoisotopic (exact) mass is 871 g/mol. The maximum Gasteiger partial charge on any atom is 0.0978 e. The lowest BCUT2D eigenvalue weighted by Gasteiger charge is -2.26. The van der Waals surface area contributed by atoms with Crippen molar-refractivity contribution >= 4 is 94.7 Å². The third-order valence-electron chi connectivity index (χ3n) is 13.4. The molecule has 322 valence electrons. The van der Waals surface area contributed by atoms with Crippen molar-refractivity contribution in [1.29, 1.82) is 5.41 Å². The Morgan fingerprint density at radius 2 is 0.926 bits per heavy atom. The predicted molar refractivity (Wildman–Crippen MR) is 289 cm³/mol. The second kappa shape index (κ2) is 16.7. The Hall–Kier alpha value is -9.06. The van der Waals surface area contributed by atoms with E-state index in [0.29, 0.717) is 11.4 Å². The summed E-state index contributed by atoms with van der Waals surface area (Å²) < 4.78 is 4.73. The summed E-state index contributed by atoms with van der Waals surface area (Å²) in [5.74, 6) is 0. The lowest BCUT2D eigenvalue weighted by molar-refractivity contribution is 1.01. The van der Waals surface area contributed by atoms with Crippen LogP contribution in [0.3, 0.4) is 0 Å². The van der Waals surface area contributed by atoms with Gasteiger partial charge in [0.1, 0.15) is 0 Å². The smallest absolute Gasteiger partial charge is 0.0978 e. The van der Waals surface area contributed by atoms with Gasteiger partial charge in [0.2, 0.25) is 0 Å². The first-order valence-electron chi connectivity index (χ1n) is 22.9. The van der Waals surface area contributed by atoms with Crippen molar-refractivity contribution in [3.63, 3.8) is 0 Å². The number of benzene rings is 10. The fourth-order valence-electron chi connectivity index (χ4n) is 10.3. The molecular weight excluding hydrogens is 827 g/mol. The van der Waals surface area contributed by atoms with E-state index >= 15 is 0 Å². The molecule has 3 heterocycles. The quantitative estimate of drug-likeness (QED) is 0.166. The average molecular weight is 872 g/mol. The van der Waals surface area contributed by atoms with Crippen molar-refractivity contribution < 1.29 is 0 Å². The molecule has 0 spiro atoms. The summed E-state index contributed by atoms with van der Waals surface area (Å²) in [4.78, 5) is 6.40. The number of hydrogen-bond acceptors (Lipinski definition) is 3. The lowest BCUT2D eigenvalue weighted by atomic mass is 9.98. The van der Waals surface area contributed by atoms with Crippen LogP contribution in [0.1, 0.15) is 11.1 Å². The lowest BCUT2D eigenvalue weighted by Crippen LogP contribution is -2.20. The molecular formula is C63H45N5. The van der Waals surface area contributed by atoms with E-state index in [1.54, 1.807) is 0 Å². The second-order valence-electron chi connectivity index (χ2n) is 17.3. The summed E-state index contributed by atoms with van der Waals surface area (Å²) in [7, 11) is 2.18. The van der Waals surface area contributed by atoms with Crippen LogP contribution in [0.25, 0.3) is 93.4 Å². The van der Waals surface area contributed by atoms with E-state index < -0.39 is 0 Å². The number of aromatic nitrogens is 2. The van der Waals surface area contributed by atoms with E-state index in [1.807, 2.05) is 84.9 Å². The Labute approximate surface area is 394 Å². The Morgan fingerprint density at radius 1 is 0.441 bits per heavy atom. The molecule has 5 nitrogen and oxygen atoms in total. The molecule has 0 bridgehead atoms. The minimum Gasteiger partial charge on any atom is -0.344 e. The van der Waals surface area contributed by atoms with Gasteiger partial charge in [0, 0.05) is 56.6 Å². The first kappa shape index (κ1) is 40.4. The van der Waals surface area contributed by atoms with E-state index in [9.17, 15) is 0 Å². The molecule has 0 aliphatic carbocycles. The highest BCUT2D eigenvalue weighted by Gasteiger charge is 2.30. The fraction of sp³-hybridized carbons (Fsp3) is 0.0159. The van der Waals surface area contributed by atoms with Gasteiger partial charge in [0.05, 0.1) is 33.8 Å². The van der Waals surface area contributed by atoms with Crippen LogP contribution in [0, 0.1) is 5.41 Å². The Kier molecular flexibility index (Phi) is 9.96. The minimum atomic E-state index is 0.420. The standard InChI is InChI=1S/C39H26N2.C24H19N3/c1-40-34-19-17-27(23-32(34)38-30-13-7-5-9-25(30)15-21-36(38)40)28-18-20-35-33(24-28)39-31-14-8-6-10-26(31)16-22-37(39)41(35)29-11-3-2-4-12-29;1-26-23(19-13-7-3-8-14-19)24-21(25)17-22(18-11-5-2-6-12-18)27(24)20-15-9-4-10-16-20/h2-24H,1H3;2-17,25H,1H2/b;24-23+,25-21?. The maximum atomic E-state index is 8.68. The number of nitrogens with zero attached hydrogens (tertiary/aromatic N) is 4. The van der Waals surface area contributed by atoms with Gasteiger partial charge in [-0.2, -0.15) is 0 Å². The summed E-state index contributed by atoms with van der Waals surface area (Å²) in [6.45, 7) is 3.79. The number of fused-ring (bicyclic) bond motifs is 10. The summed E-state index contributed by atoms with van der Waals surface area (Å²) >= 11 is 0. The van der Waals surface area contributed by atoms with Crippen molar-refractivity contribution in [3.8, 4) is 16.8 Å². The molecule has 0 radical (unpaired) electrons. The minimum absolute atomic E-state index is 0.420. The number of para-hydroxylation sites is 2. The van der Waals surface area contributed by atoms with Crippen LogP contribution < -0.4 is 4.90 Å². The van der Waals surface area contributed by atoms with Gasteiger partial charge in [-0.25, -0.2) is 0 Å². The van der Waals surface area contributed by atoms with Crippen LogP contribution in [0.5, 0.6) is 0 Å². The van der Waals surface area contributed by atoms with Crippen LogP contribution in [-0.2, 0) is 7.05 Å². The van der Waals surface area contributed by atoms with Gasteiger partial charge >= 0.3 is 0 Å². The zero-order chi connectivity index (χ0) is 45.7. The van der Waals surface area contributed by atoms with Gasteiger partial charge in [0.15, 0.2) is 0 Å². The Morgan fingerprint density at radius 3 is 1.54 bits per heavy atom. The van der Waals surface area contributed by atoms with Crippen LogP contribution in [0.2, 0.25) is 0 Å². The van der Waals surface area contributed by atoms with Crippen molar-refractivity contribution in [3.05, 3.63) is 253 Å². The van der Waals surface area contributed by atoms with Crippen molar-refractivity contribution in [2.75, 3.05) is 4.90 Å². The molecule has 5 heteroatoms. The first-order chi connectivity index (χ1) is 33.6. The molecule has 1 N–H and O–H groups in total. The molecule has 0 saturated heterocycles. The Balaban J connectivity index is 0.000000155. The SMILES string of the molecule is C=N/C(=C1\C(=N)C=C(c2ccccc2)N1c1ccccc1)c1ccccc1.Cn1c2ccc(-c3ccc4c(c3)c3c5ccccc5ccc3n4-c3ccccc3)cc2c2c3ccccc3ccc21. The summed E-state index contributed by atoms with van der Waals surface area (Å²) in [5.41, 5.74) is 14.4. The van der Waals surface area contributed by atoms with Gasteiger partial charge in [-0.3, -0.25) is 10.4 Å². The van der Waals surface area contributed by atoms with E-state index in [4.69, 9.17) is 5.41 Å². The van der Waals surface area contributed by atoms with Crippen LogP contribution >= 0.6 is 0 Å². The van der Waals surface area contributed by atoms with E-state index in [-0.39, 0.29) is 0 Å². The zero-order valence-electron chi connectivity index (χ0n) is 37.5. The molecule has 0 atom stereocenters. The van der Waals surface area contributed by atoms with Gasteiger partial charge in [-0.15, -0.1) is 0 Å². The van der Waals surface area contributed by atoms with Gasteiger partial charge < -0.3 is 14.0 Å². The van der Waals surface area contributed by atoms with E-state index in [1.165, 1.54) is 82.0 Å². The first-order valence-corrected chi connectivity index (χ1v) is 22.9. The molecule has 2 aromatic heterocycles. The van der Waals surface area contributed by atoms with Crippen LogP contribution in [0.4, 0.5) is 5.69 Å². The number of aryl methyl sites for hydroxylation is 1. The molecule has 1 aliphatic heterocycles. The number of aliphatic imine (C=N–C) groups is 1. The predicted octanol–water partition coefficient (Wildman–Crippen LogP) is 16.0. The molecule has 0 unspecified atom stereocenters. The maximum absolute atomic E-state index is 8.68. The van der Waals surface area contributed by atoms with E-state index in [2.05, 4.69) is 184 Å². The largest absolute Gasteiger partial charge is 0.344 e. The number of nitrogens with one attached hydrogen (secondary N) is 1. The van der Waals surface area contributed by atoms with Crippen molar-refractivity contribution in [2.45, 2.75) is 0 Å². The molecule has 13 rings (SSSR count). The summed E-state index contributed by atoms with van der Waals surface area (Å²) in [6.07, 6.45) is 1.89. The third kappa shape index (κ3) is 6.71. The topological polar surface area (TPSA) is 49.3 Å². The van der Waals surface area contributed by atoms with Crippen molar-refractivity contribution in [2.24, 2.45) is 12.0 Å². The van der Waals surface area contributed by atoms with Crippen molar-refractivity contribution in [1.82, 2.24) is 9.13 Å². The fourth-order valence-corrected chi connectivity index (χ4v) is 10.3. The van der Waals surface area contributed by atoms with Gasteiger partial charge in [-0.1, -0.05) is 170 Å². The Bertz CT molecular complexity index is 3990. The molecule has 0 saturated carbocycles. The highest BCUT2D eigenvalue weighted by Crippen LogP contribution is 2.42. The average Bonchev–Trinajstić information content (AvgIpc) is 4.04. The molecule has 68 heavy (non-hydrogen) atoms. The molecule has 0 amide bonds. The number of allylic oxidation sites excluding steroid dienone is 1. The number of hydrogen-bond donors (Lipinski definition) is 1.